The minimum Gasteiger partial charge on any atom is -0.619 e. The van der Waals surface area contributed by atoms with E-state index in [-0.39, 0.29) is 17.0 Å². The highest BCUT2D eigenvalue weighted by Gasteiger charge is 2.05. The van der Waals surface area contributed by atoms with Gasteiger partial charge in [0.1, 0.15) is 0 Å². The minimum absolute atomic E-state index is 0.0102. The second kappa shape index (κ2) is 5.75. The first-order valence-corrected chi connectivity index (χ1v) is 5.72. The first kappa shape index (κ1) is 13.4. The number of rotatable bonds is 4. The van der Waals surface area contributed by atoms with Gasteiger partial charge in [0.25, 0.3) is 5.69 Å². The normalized spacial score (nSPS) is 10.6. The number of allylic oxidation sites excluding steroid dienone is 1. The van der Waals surface area contributed by atoms with Gasteiger partial charge in [0.2, 0.25) is 0 Å². The Bertz CT molecular complexity index is 678. The van der Waals surface area contributed by atoms with Crippen molar-refractivity contribution in [3.05, 3.63) is 81.3 Å². The fourth-order valence-electron chi connectivity index (χ4n) is 1.58. The second-order valence-corrected chi connectivity index (χ2v) is 4.00. The molecule has 0 bridgehead atoms. The Morgan fingerprint density at radius 3 is 2.50 bits per heavy atom. The molecular formula is C14H10N2O4. The van der Waals surface area contributed by atoms with Crippen LogP contribution in [0.5, 0.6) is 0 Å². The molecule has 6 heteroatoms. The van der Waals surface area contributed by atoms with Crippen LogP contribution in [0.25, 0.3) is 6.08 Å². The molecule has 1 heterocycles. The van der Waals surface area contributed by atoms with Crippen LogP contribution in [0.3, 0.4) is 0 Å². The van der Waals surface area contributed by atoms with Gasteiger partial charge in [-0.3, -0.25) is 14.9 Å². The minimum atomic E-state index is -0.490. The van der Waals surface area contributed by atoms with Gasteiger partial charge in [-0.2, -0.15) is 4.73 Å². The molecule has 1 aromatic heterocycles. The number of aromatic nitrogens is 1. The molecule has 0 radical (unpaired) electrons. The number of hydrogen-bond donors (Lipinski definition) is 0. The molecule has 0 saturated carbocycles. The SMILES string of the molecule is O=C(/C=C\c1ccc([N+](=O)[O-])cc1)c1ccc[n+]([O-])c1. The van der Waals surface area contributed by atoms with Crippen LogP contribution >= 0.6 is 0 Å². The Morgan fingerprint density at radius 2 is 1.90 bits per heavy atom. The van der Waals surface area contributed by atoms with Crippen molar-refractivity contribution in [2.24, 2.45) is 0 Å². The topological polar surface area (TPSA) is 87.1 Å². The maximum absolute atomic E-state index is 11.8. The number of hydrogen-bond acceptors (Lipinski definition) is 4. The summed E-state index contributed by atoms with van der Waals surface area (Å²) < 4.78 is 0.549. The van der Waals surface area contributed by atoms with E-state index in [2.05, 4.69) is 0 Å². The second-order valence-electron chi connectivity index (χ2n) is 4.00. The molecule has 0 spiro atoms. The van der Waals surface area contributed by atoms with Crippen LogP contribution in [0.1, 0.15) is 15.9 Å². The highest BCUT2D eigenvalue weighted by molar-refractivity contribution is 6.06. The van der Waals surface area contributed by atoms with E-state index in [9.17, 15) is 20.1 Å². The van der Waals surface area contributed by atoms with Crippen molar-refractivity contribution in [2.45, 2.75) is 0 Å². The highest BCUT2D eigenvalue weighted by atomic mass is 16.6. The van der Waals surface area contributed by atoms with Crippen molar-refractivity contribution in [3.63, 3.8) is 0 Å². The average Bonchev–Trinajstić information content (AvgIpc) is 2.45. The number of ketones is 1. The summed E-state index contributed by atoms with van der Waals surface area (Å²) in [4.78, 5) is 21.8. The standard InChI is InChI=1S/C14H10N2O4/c17-14(12-2-1-9-15(18)10-12)8-5-11-3-6-13(7-4-11)16(19)20/h1-10H/b8-5-. The lowest BCUT2D eigenvalue weighted by molar-refractivity contribution is -0.605. The molecule has 0 aliphatic rings. The summed E-state index contributed by atoms with van der Waals surface area (Å²) in [5, 5.41) is 21.5. The Labute approximate surface area is 114 Å². The van der Waals surface area contributed by atoms with Crippen LogP contribution in [-0.4, -0.2) is 10.7 Å². The first-order chi connectivity index (χ1) is 9.56. The van der Waals surface area contributed by atoms with Crippen molar-refractivity contribution in [2.75, 3.05) is 0 Å². The van der Waals surface area contributed by atoms with Gasteiger partial charge in [-0.25, -0.2) is 0 Å². The summed E-state index contributed by atoms with van der Waals surface area (Å²) in [5.41, 5.74) is 0.930. The zero-order valence-corrected chi connectivity index (χ0v) is 10.3. The molecule has 0 saturated heterocycles. The molecule has 0 aliphatic heterocycles. The van der Waals surface area contributed by atoms with Crippen molar-refractivity contribution >= 4 is 17.5 Å². The fourth-order valence-corrected chi connectivity index (χ4v) is 1.58. The largest absolute Gasteiger partial charge is 0.619 e. The van der Waals surface area contributed by atoms with E-state index < -0.39 is 4.92 Å². The lowest BCUT2D eigenvalue weighted by atomic mass is 10.1. The number of non-ortho nitro benzene ring substituents is 1. The molecule has 100 valence electrons. The van der Waals surface area contributed by atoms with Gasteiger partial charge in [0.15, 0.2) is 18.2 Å². The van der Waals surface area contributed by atoms with Crippen LogP contribution in [0, 0.1) is 15.3 Å². The van der Waals surface area contributed by atoms with E-state index in [1.54, 1.807) is 12.1 Å². The van der Waals surface area contributed by atoms with Crippen LogP contribution in [0.2, 0.25) is 0 Å². The van der Waals surface area contributed by atoms with E-state index in [1.807, 2.05) is 0 Å². The summed E-state index contributed by atoms with van der Waals surface area (Å²) in [5.74, 6) is -0.312. The van der Waals surface area contributed by atoms with E-state index >= 15 is 0 Å². The molecule has 0 aliphatic carbocycles. The smallest absolute Gasteiger partial charge is 0.269 e. The van der Waals surface area contributed by atoms with Gasteiger partial charge in [0.05, 0.1) is 10.5 Å². The molecule has 2 rings (SSSR count). The number of carbonyl (C=O) groups excluding carboxylic acids is 1. The van der Waals surface area contributed by atoms with Crippen LogP contribution in [0.15, 0.2) is 54.9 Å². The predicted octanol–water partition coefficient (Wildman–Crippen LogP) is 2.12. The maximum atomic E-state index is 11.8. The molecule has 6 nitrogen and oxygen atoms in total. The third-order valence-electron chi connectivity index (χ3n) is 2.59. The fraction of sp³-hybridized carbons (Fsp3) is 0. The van der Waals surface area contributed by atoms with Gasteiger partial charge in [-0.05, 0) is 29.8 Å². The van der Waals surface area contributed by atoms with Crippen LogP contribution in [0.4, 0.5) is 5.69 Å². The third kappa shape index (κ3) is 3.26. The molecule has 0 atom stereocenters. The van der Waals surface area contributed by atoms with E-state index in [4.69, 9.17) is 0 Å². The van der Waals surface area contributed by atoms with E-state index in [0.717, 1.165) is 0 Å². The summed E-state index contributed by atoms with van der Waals surface area (Å²) in [7, 11) is 0. The number of nitro groups is 1. The Hall–Kier alpha value is -3.02. The third-order valence-corrected chi connectivity index (χ3v) is 2.59. The molecule has 0 fully saturated rings. The van der Waals surface area contributed by atoms with E-state index in [0.29, 0.717) is 10.3 Å². The Kier molecular flexibility index (Phi) is 3.85. The number of carbonyl (C=O) groups is 1. The van der Waals surface area contributed by atoms with Crippen molar-refractivity contribution in [1.29, 1.82) is 0 Å². The monoisotopic (exact) mass is 270 g/mol. The number of pyridine rings is 1. The molecule has 0 amide bonds. The lowest BCUT2D eigenvalue weighted by Gasteiger charge is -1.97. The number of nitro benzene ring substituents is 1. The van der Waals surface area contributed by atoms with Gasteiger partial charge >= 0.3 is 0 Å². The molecule has 20 heavy (non-hydrogen) atoms. The summed E-state index contributed by atoms with van der Waals surface area (Å²) in [6.07, 6.45) is 5.32. The quantitative estimate of drug-likeness (QED) is 0.212. The van der Waals surface area contributed by atoms with Crippen LogP contribution in [-0.2, 0) is 0 Å². The predicted molar refractivity (Wildman–Crippen MR) is 71.9 cm³/mol. The first-order valence-electron chi connectivity index (χ1n) is 5.72. The molecule has 0 N–H and O–H groups in total. The maximum Gasteiger partial charge on any atom is 0.269 e. The zero-order valence-electron chi connectivity index (χ0n) is 10.3. The summed E-state index contributed by atoms with van der Waals surface area (Å²) in [6, 6.07) is 8.83. The highest BCUT2D eigenvalue weighted by Crippen LogP contribution is 2.13. The molecule has 1 aromatic carbocycles. The molecule has 0 unspecified atom stereocenters. The Balaban J connectivity index is 2.13. The molecular weight excluding hydrogens is 260 g/mol. The lowest BCUT2D eigenvalue weighted by Crippen LogP contribution is -2.25. The molecule has 2 aromatic rings. The van der Waals surface area contributed by atoms with Gasteiger partial charge in [-0.15, -0.1) is 0 Å². The van der Waals surface area contributed by atoms with Crippen LogP contribution < -0.4 is 4.73 Å². The van der Waals surface area contributed by atoms with Crippen molar-refractivity contribution < 1.29 is 14.4 Å². The van der Waals surface area contributed by atoms with Gasteiger partial charge in [-0.1, -0.05) is 6.08 Å². The van der Waals surface area contributed by atoms with Crippen molar-refractivity contribution in [3.8, 4) is 0 Å². The van der Waals surface area contributed by atoms with Gasteiger partial charge < -0.3 is 5.21 Å². The number of benzene rings is 1. The zero-order chi connectivity index (χ0) is 14.5. The Morgan fingerprint density at radius 1 is 1.20 bits per heavy atom. The summed E-state index contributed by atoms with van der Waals surface area (Å²) in [6.45, 7) is 0. The summed E-state index contributed by atoms with van der Waals surface area (Å²) >= 11 is 0. The van der Waals surface area contributed by atoms with E-state index in [1.165, 1.54) is 48.8 Å². The van der Waals surface area contributed by atoms with Crippen molar-refractivity contribution in [1.82, 2.24) is 0 Å². The van der Waals surface area contributed by atoms with Gasteiger partial charge in [0, 0.05) is 18.2 Å². The number of nitrogens with zero attached hydrogens (tertiary/aromatic N) is 2. The average molecular weight is 270 g/mol.